The first-order valence-corrected chi connectivity index (χ1v) is 11.5. The van der Waals surface area contributed by atoms with Crippen LogP contribution in [-0.4, -0.2) is 50.3 Å². The van der Waals surface area contributed by atoms with E-state index in [9.17, 15) is 9.90 Å². The van der Waals surface area contributed by atoms with Crippen molar-refractivity contribution in [3.63, 3.8) is 0 Å². The normalized spacial score (nSPS) is 12.5. The molecule has 11 heteroatoms. The fourth-order valence-electron chi connectivity index (χ4n) is 3.47. The van der Waals surface area contributed by atoms with Gasteiger partial charge in [0.15, 0.2) is 17.4 Å². The molecule has 0 aliphatic rings. The molecule has 3 aromatic heterocycles. The number of carbonyl (C=O) groups is 1. The quantitative estimate of drug-likeness (QED) is 0.335. The number of rotatable bonds is 6. The summed E-state index contributed by atoms with van der Waals surface area (Å²) in [6.07, 6.45) is 0. The molecular formula is C23H27N7O3S. The summed E-state index contributed by atoms with van der Waals surface area (Å²) in [5.41, 5.74) is 0.785. The number of carbonyl (C=O) groups excluding carboxylic acids is 1. The molecule has 0 saturated heterocycles. The molecule has 3 heterocycles. The Kier molecular flexibility index (Phi) is 6.13. The van der Waals surface area contributed by atoms with E-state index >= 15 is 0 Å². The highest BCUT2D eigenvalue weighted by molar-refractivity contribution is 7.12. The van der Waals surface area contributed by atoms with Gasteiger partial charge >= 0.3 is 0 Å². The molecule has 0 bridgehead atoms. The molecule has 0 unspecified atom stereocenters. The Morgan fingerprint density at radius 1 is 1.09 bits per heavy atom. The van der Waals surface area contributed by atoms with Crippen molar-refractivity contribution >= 4 is 45.9 Å². The molecule has 1 atom stereocenters. The van der Waals surface area contributed by atoms with E-state index in [0.717, 1.165) is 4.88 Å². The van der Waals surface area contributed by atoms with Crippen LogP contribution in [0, 0.1) is 12.3 Å². The molecule has 0 radical (unpaired) electrons. The van der Waals surface area contributed by atoms with E-state index in [4.69, 9.17) is 4.63 Å². The third-order valence-corrected chi connectivity index (χ3v) is 6.30. The Balaban J connectivity index is 1.77. The third kappa shape index (κ3) is 4.65. The summed E-state index contributed by atoms with van der Waals surface area (Å²) < 4.78 is 4.81. The molecule has 4 aromatic rings. The van der Waals surface area contributed by atoms with Crippen molar-refractivity contribution in [2.45, 2.75) is 33.7 Å². The molecule has 34 heavy (non-hydrogen) atoms. The van der Waals surface area contributed by atoms with Crippen LogP contribution in [0.1, 0.15) is 46.9 Å². The molecule has 0 aliphatic carbocycles. The first-order valence-electron chi connectivity index (χ1n) is 10.7. The van der Waals surface area contributed by atoms with Crippen molar-refractivity contribution in [1.82, 2.24) is 25.2 Å². The molecule has 4 rings (SSSR count). The van der Waals surface area contributed by atoms with Crippen LogP contribution in [0.4, 0.5) is 17.3 Å². The van der Waals surface area contributed by atoms with Crippen molar-refractivity contribution in [3.05, 3.63) is 45.6 Å². The van der Waals surface area contributed by atoms with E-state index < -0.39 is 0 Å². The van der Waals surface area contributed by atoms with Gasteiger partial charge in [-0.25, -0.2) is 14.6 Å². The minimum Gasteiger partial charge on any atom is -0.505 e. The maximum atomic E-state index is 12.5. The van der Waals surface area contributed by atoms with Gasteiger partial charge in [0.2, 0.25) is 11.3 Å². The monoisotopic (exact) mass is 481 g/mol. The van der Waals surface area contributed by atoms with E-state index in [1.807, 2.05) is 0 Å². The van der Waals surface area contributed by atoms with Gasteiger partial charge in [0.1, 0.15) is 0 Å². The van der Waals surface area contributed by atoms with E-state index in [0.29, 0.717) is 17.3 Å². The predicted molar refractivity (Wildman–Crippen MR) is 132 cm³/mol. The maximum absolute atomic E-state index is 12.5. The minimum atomic E-state index is -0.317. The Bertz CT molecular complexity index is 1340. The topological polar surface area (TPSA) is 129 Å². The fourth-order valence-corrected chi connectivity index (χ4v) is 4.65. The highest BCUT2D eigenvalue weighted by Crippen LogP contribution is 2.40. The molecule has 10 nitrogen and oxygen atoms in total. The van der Waals surface area contributed by atoms with Gasteiger partial charge in [-0.05, 0) is 46.9 Å². The lowest BCUT2D eigenvalue weighted by molar-refractivity contribution is 0.0824. The smallest absolute Gasteiger partial charge is 0.257 e. The van der Waals surface area contributed by atoms with Gasteiger partial charge in [-0.1, -0.05) is 26.8 Å². The molecule has 0 aliphatic heterocycles. The number of amides is 1. The number of hydrogen-bond donors (Lipinski definition) is 3. The first kappa shape index (κ1) is 23.4. The zero-order chi connectivity index (χ0) is 24.6. The lowest BCUT2D eigenvalue weighted by Gasteiger charge is -2.31. The van der Waals surface area contributed by atoms with Gasteiger partial charge in [0.05, 0.1) is 17.3 Å². The van der Waals surface area contributed by atoms with Crippen molar-refractivity contribution < 1.29 is 14.5 Å². The lowest BCUT2D eigenvalue weighted by Crippen LogP contribution is -2.26. The number of fused-ring (bicyclic) bond motifs is 1. The summed E-state index contributed by atoms with van der Waals surface area (Å²) >= 11 is 1.71. The van der Waals surface area contributed by atoms with Crippen LogP contribution >= 0.6 is 11.3 Å². The number of phenolic OH excluding ortho intramolecular Hbond substituents is 1. The summed E-state index contributed by atoms with van der Waals surface area (Å²) in [6, 6.07) is 8.99. The third-order valence-electron chi connectivity index (χ3n) is 5.23. The predicted octanol–water partition coefficient (Wildman–Crippen LogP) is 4.73. The van der Waals surface area contributed by atoms with Crippen molar-refractivity contribution in [2.24, 2.45) is 5.41 Å². The summed E-state index contributed by atoms with van der Waals surface area (Å²) in [6.45, 7) is 8.48. The Labute approximate surface area is 201 Å². The van der Waals surface area contributed by atoms with Gasteiger partial charge < -0.3 is 20.6 Å². The molecular weight excluding hydrogens is 454 g/mol. The Morgan fingerprint density at radius 2 is 1.76 bits per heavy atom. The fraction of sp³-hybridized carbons (Fsp3) is 0.348. The number of aromatic hydroxyl groups is 1. The van der Waals surface area contributed by atoms with Gasteiger partial charge in [-0.3, -0.25) is 4.79 Å². The zero-order valence-corrected chi connectivity index (χ0v) is 20.7. The molecule has 0 fully saturated rings. The number of nitrogens with zero attached hydrogens (tertiary/aromatic N) is 5. The van der Waals surface area contributed by atoms with E-state index in [1.165, 1.54) is 9.78 Å². The second kappa shape index (κ2) is 8.90. The summed E-state index contributed by atoms with van der Waals surface area (Å²) in [5.74, 6) is 0.226. The Hall–Kier alpha value is -3.73. The highest BCUT2D eigenvalue weighted by Gasteiger charge is 2.29. The van der Waals surface area contributed by atoms with Crippen molar-refractivity contribution in [3.8, 4) is 5.75 Å². The molecule has 1 aromatic carbocycles. The SMILES string of the molecule is Cc1ccc([C@H](Nc2nc3nonc3nc2Nc2cccc(C(=O)N(C)C)c2O)C(C)(C)C)s1. The van der Waals surface area contributed by atoms with Crippen LogP contribution in [0.2, 0.25) is 0 Å². The average molecular weight is 482 g/mol. The second-order valence-electron chi connectivity index (χ2n) is 9.25. The zero-order valence-electron chi connectivity index (χ0n) is 19.9. The van der Waals surface area contributed by atoms with Gasteiger partial charge in [-0.15, -0.1) is 11.3 Å². The number of benzene rings is 1. The van der Waals surface area contributed by atoms with Crippen molar-refractivity contribution in [2.75, 3.05) is 24.7 Å². The number of thiophene rings is 1. The summed E-state index contributed by atoms with van der Waals surface area (Å²) in [4.78, 5) is 25.3. The minimum absolute atomic E-state index is 0.0892. The van der Waals surface area contributed by atoms with Crippen LogP contribution in [0.25, 0.3) is 11.3 Å². The van der Waals surface area contributed by atoms with E-state index in [-0.39, 0.29) is 40.0 Å². The van der Waals surface area contributed by atoms with Crippen LogP contribution < -0.4 is 10.6 Å². The van der Waals surface area contributed by atoms with E-state index in [2.05, 4.69) is 70.7 Å². The van der Waals surface area contributed by atoms with Crippen LogP contribution in [0.15, 0.2) is 35.0 Å². The van der Waals surface area contributed by atoms with E-state index in [1.54, 1.807) is 43.6 Å². The molecule has 3 N–H and O–H groups in total. The number of hydrogen-bond acceptors (Lipinski definition) is 10. The largest absolute Gasteiger partial charge is 0.505 e. The second-order valence-corrected chi connectivity index (χ2v) is 10.6. The lowest BCUT2D eigenvalue weighted by atomic mass is 9.86. The van der Waals surface area contributed by atoms with Gasteiger partial charge in [0.25, 0.3) is 5.91 Å². The number of anilines is 3. The molecule has 0 saturated carbocycles. The number of para-hydroxylation sites is 1. The van der Waals surface area contributed by atoms with Gasteiger partial charge in [0, 0.05) is 23.8 Å². The summed E-state index contributed by atoms with van der Waals surface area (Å²) in [5, 5.41) is 25.0. The van der Waals surface area contributed by atoms with Crippen LogP contribution in [0.3, 0.4) is 0 Å². The number of nitrogens with one attached hydrogen (secondary N) is 2. The summed E-state index contributed by atoms with van der Waals surface area (Å²) in [7, 11) is 3.25. The molecule has 0 spiro atoms. The number of phenols is 1. The number of aromatic nitrogens is 4. The highest BCUT2D eigenvalue weighted by atomic mass is 32.1. The van der Waals surface area contributed by atoms with Crippen LogP contribution in [0.5, 0.6) is 5.75 Å². The first-order chi connectivity index (χ1) is 16.0. The standard InChI is InChI=1S/C23H27N7O3S/c1-12-10-11-15(34-12)17(23(2,3)4)25-19-18(26-20-21(27-19)29-33-28-20)24-14-9-7-8-13(16(14)31)22(32)30(5)6/h7-11,17,31H,1-6H3,(H,24,26,28)(H,25,27,29)/t17-/m0/s1. The molecule has 1 amide bonds. The maximum Gasteiger partial charge on any atom is 0.257 e. The van der Waals surface area contributed by atoms with Gasteiger partial charge in [-0.2, -0.15) is 0 Å². The Morgan fingerprint density at radius 3 is 2.35 bits per heavy atom. The van der Waals surface area contributed by atoms with Crippen LogP contribution in [-0.2, 0) is 0 Å². The number of aryl methyl sites for hydroxylation is 1. The molecule has 178 valence electrons. The van der Waals surface area contributed by atoms with Crippen molar-refractivity contribution in [1.29, 1.82) is 0 Å². The average Bonchev–Trinajstić information content (AvgIpc) is 3.40.